The van der Waals surface area contributed by atoms with Gasteiger partial charge in [0.15, 0.2) is 0 Å². The van der Waals surface area contributed by atoms with Gasteiger partial charge in [-0.2, -0.15) is 0 Å². The second-order valence-corrected chi connectivity index (χ2v) is 7.46. The molecular formula is C21H30N2O3. The number of carbonyl (C=O) groups is 2. The number of nitrogens with one attached hydrogen (secondary N) is 1. The molecule has 1 unspecified atom stereocenters. The molecule has 1 N–H and O–H groups in total. The smallest absolute Gasteiger partial charge is 0.225 e. The van der Waals surface area contributed by atoms with Crippen LogP contribution in [-0.2, 0) is 16.1 Å². The first-order chi connectivity index (χ1) is 12.7. The Balaban J connectivity index is 1.47. The SMILES string of the molecule is CCCCOc1cccc(CNC(=O)C2CCCN(C(=O)C3CC3)C2)c1. The number of rotatable bonds is 8. The Morgan fingerprint density at radius 1 is 1.23 bits per heavy atom. The lowest BCUT2D eigenvalue weighted by Gasteiger charge is -2.32. The molecule has 1 aliphatic heterocycles. The topological polar surface area (TPSA) is 58.6 Å². The van der Waals surface area contributed by atoms with Gasteiger partial charge in [-0.05, 0) is 49.8 Å². The van der Waals surface area contributed by atoms with Gasteiger partial charge in [-0.1, -0.05) is 25.5 Å². The van der Waals surface area contributed by atoms with Crippen LogP contribution in [0.5, 0.6) is 5.75 Å². The number of ether oxygens (including phenoxy) is 1. The molecule has 1 saturated carbocycles. The summed E-state index contributed by atoms with van der Waals surface area (Å²) in [7, 11) is 0. The van der Waals surface area contributed by atoms with Crippen molar-refractivity contribution in [3.8, 4) is 5.75 Å². The zero-order valence-electron chi connectivity index (χ0n) is 15.7. The minimum absolute atomic E-state index is 0.0515. The van der Waals surface area contributed by atoms with E-state index in [4.69, 9.17) is 4.74 Å². The second-order valence-electron chi connectivity index (χ2n) is 7.46. The molecule has 1 aliphatic carbocycles. The van der Waals surface area contributed by atoms with Gasteiger partial charge in [-0.25, -0.2) is 0 Å². The zero-order valence-corrected chi connectivity index (χ0v) is 15.7. The second kappa shape index (κ2) is 9.06. The lowest BCUT2D eigenvalue weighted by atomic mass is 9.96. The van der Waals surface area contributed by atoms with Gasteiger partial charge in [-0.3, -0.25) is 9.59 Å². The Bertz CT molecular complexity index is 627. The van der Waals surface area contributed by atoms with Crippen LogP contribution in [0.3, 0.4) is 0 Å². The number of carbonyl (C=O) groups excluding carboxylic acids is 2. The first-order valence-corrected chi connectivity index (χ1v) is 9.95. The molecule has 0 aromatic heterocycles. The normalized spacial score (nSPS) is 19.9. The van der Waals surface area contributed by atoms with E-state index in [1.54, 1.807) is 0 Å². The number of nitrogens with zero attached hydrogens (tertiary/aromatic N) is 1. The van der Waals surface area contributed by atoms with E-state index < -0.39 is 0 Å². The summed E-state index contributed by atoms with van der Waals surface area (Å²) < 4.78 is 5.72. The van der Waals surface area contributed by atoms with E-state index in [9.17, 15) is 9.59 Å². The van der Waals surface area contributed by atoms with E-state index in [0.29, 0.717) is 13.1 Å². The summed E-state index contributed by atoms with van der Waals surface area (Å²) in [6.07, 6.45) is 5.96. The molecule has 2 amide bonds. The van der Waals surface area contributed by atoms with E-state index in [-0.39, 0.29) is 23.7 Å². The molecule has 1 atom stereocenters. The summed E-state index contributed by atoms with van der Waals surface area (Å²) in [6.45, 7) is 4.73. The standard InChI is InChI=1S/C21H30N2O3/c1-2-3-12-26-19-8-4-6-16(13-19)14-22-20(24)18-7-5-11-23(15-18)21(25)17-9-10-17/h4,6,8,13,17-18H,2-3,5,7,9-12,14-15H2,1H3,(H,22,24). The maximum absolute atomic E-state index is 12.5. The van der Waals surface area contributed by atoms with Crippen LogP contribution in [0.2, 0.25) is 0 Å². The number of benzene rings is 1. The molecule has 2 aliphatic rings. The van der Waals surface area contributed by atoms with Crippen molar-refractivity contribution >= 4 is 11.8 Å². The van der Waals surface area contributed by atoms with E-state index in [1.807, 2.05) is 29.2 Å². The highest BCUT2D eigenvalue weighted by Gasteiger charge is 2.36. The van der Waals surface area contributed by atoms with Crippen molar-refractivity contribution in [1.29, 1.82) is 0 Å². The Morgan fingerprint density at radius 2 is 2.08 bits per heavy atom. The molecular weight excluding hydrogens is 328 g/mol. The molecule has 0 bridgehead atoms. The van der Waals surface area contributed by atoms with Crippen LogP contribution >= 0.6 is 0 Å². The predicted octanol–water partition coefficient (Wildman–Crippen LogP) is 3.13. The third-order valence-corrected chi connectivity index (χ3v) is 5.16. The first kappa shape index (κ1) is 18.7. The lowest BCUT2D eigenvalue weighted by molar-refractivity contribution is -0.136. The Morgan fingerprint density at radius 3 is 2.85 bits per heavy atom. The van der Waals surface area contributed by atoms with Gasteiger partial charge >= 0.3 is 0 Å². The fourth-order valence-electron chi connectivity index (χ4n) is 3.39. The van der Waals surface area contributed by atoms with E-state index in [2.05, 4.69) is 12.2 Å². The van der Waals surface area contributed by atoms with Crippen molar-refractivity contribution in [2.45, 2.75) is 52.0 Å². The molecule has 5 nitrogen and oxygen atoms in total. The summed E-state index contributed by atoms with van der Waals surface area (Å²) in [5.41, 5.74) is 1.04. The number of piperidine rings is 1. The molecule has 1 aromatic rings. The highest BCUT2D eigenvalue weighted by Crippen LogP contribution is 2.32. The van der Waals surface area contributed by atoms with E-state index in [0.717, 1.165) is 63.0 Å². The third-order valence-electron chi connectivity index (χ3n) is 5.16. The molecule has 3 rings (SSSR count). The van der Waals surface area contributed by atoms with Crippen molar-refractivity contribution in [3.63, 3.8) is 0 Å². The summed E-state index contributed by atoms with van der Waals surface area (Å²) >= 11 is 0. The third kappa shape index (κ3) is 5.23. The van der Waals surface area contributed by atoms with Gasteiger partial charge in [0.1, 0.15) is 5.75 Å². The zero-order chi connectivity index (χ0) is 18.4. The molecule has 26 heavy (non-hydrogen) atoms. The number of amides is 2. The van der Waals surface area contributed by atoms with Gasteiger partial charge in [0.25, 0.3) is 0 Å². The Kier molecular flexibility index (Phi) is 6.53. The lowest BCUT2D eigenvalue weighted by Crippen LogP contribution is -2.45. The van der Waals surface area contributed by atoms with Crippen molar-refractivity contribution in [2.24, 2.45) is 11.8 Å². The largest absolute Gasteiger partial charge is 0.494 e. The highest BCUT2D eigenvalue weighted by molar-refractivity contribution is 5.83. The van der Waals surface area contributed by atoms with E-state index >= 15 is 0 Å². The average molecular weight is 358 g/mol. The number of hydrogen-bond acceptors (Lipinski definition) is 3. The summed E-state index contributed by atoms with van der Waals surface area (Å²) in [5, 5.41) is 3.04. The fourth-order valence-corrected chi connectivity index (χ4v) is 3.39. The summed E-state index contributed by atoms with van der Waals surface area (Å²) in [6, 6.07) is 7.89. The van der Waals surface area contributed by atoms with Crippen LogP contribution in [0, 0.1) is 11.8 Å². The summed E-state index contributed by atoms with van der Waals surface area (Å²) in [4.78, 5) is 26.7. The molecule has 1 aromatic carbocycles. The Labute approximate surface area is 156 Å². The van der Waals surface area contributed by atoms with Gasteiger partial charge in [0, 0.05) is 25.6 Å². The highest BCUT2D eigenvalue weighted by atomic mass is 16.5. The Hall–Kier alpha value is -2.04. The van der Waals surface area contributed by atoms with E-state index in [1.165, 1.54) is 0 Å². The van der Waals surface area contributed by atoms with Crippen LogP contribution in [0.1, 0.15) is 51.0 Å². The molecule has 1 saturated heterocycles. The van der Waals surface area contributed by atoms with Crippen LogP contribution in [-0.4, -0.2) is 36.4 Å². The molecule has 1 heterocycles. The number of unbranched alkanes of at least 4 members (excludes halogenated alkanes) is 1. The van der Waals surface area contributed by atoms with Gasteiger partial charge in [-0.15, -0.1) is 0 Å². The summed E-state index contributed by atoms with van der Waals surface area (Å²) in [5.74, 6) is 1.29. The van der Waals surface area contributed by atoms with Gasteiger partial charge in [0.05, 0.1) is 12.5 Å². The fraction of sp³-hybridized carbons (Fsp3) is 0.619. The van der Waals surface area contributed by atoms with Crippen molar-refractivity contribution in [2.75, 3.05) is 19.7 Å². The molecule has 0 spiro atoms. The predicted molar refractivity (Wildman–Crippen MR) is 101 cm³/mol. The molecule has 5 heteroatoms. The van der Waals surface area contributed by atoms with Gasteiger partial charge < -0.3 is 15.0 Å². The van der Waals surface area contributed by atoms with Crippen LogP contribution in [0.15, 0.2) is 24.3 Å². The average Bonchev–Trinajstić information content (AvgIpc) is 3.51. The molecule has 142 valence electrons. The molecule has 2 fully saturated rings. The van der Waals surface area contributed by atoms with Gasteiger partial charge in [0.2, 0.25) is 11.8 Å². The van der Waals surface area contributed by atoms with Crippen molar-refractivity contribution < 1.29 is 14.3 Å². The first-order valence-electron chi connectivity index (χ1n) is 9.95. The van der Waals surface area contributed by atoms with Crippen molar-refractivity contribution in [1.82, 2.24) is 10.2 Å². The van der Waals surface area contributed by atoms with Crippen LogP contribution < -0.4 is 10.1 Å². The van der Waals surface area contributed by atoms with Crippen LogP contribution in [0.25, 0.3) is 0 Å². The maximum atomic E-state index is 12.5. The monoisotopic (exact) mass is 358 g/mol. The van der Waals surface area contributed by atoms with Crippen molar-refractivity contribution in [3.05, 3.63) is 29.8 Å². The minimum Gasteiger partial charge on any atom is -0.494 e. The molecule has 0 radical (unpaired) electrons. The number of hydrogen-bond donors (Lipinski definition) is 1. The minimum atomic E-state index is -0.0876. The maximum Gasteiger partial charge on any atom is 0.225 e. The number of likely N-dealkylation sites (tertiary alicyclic amines) is 1. The quantitative estimate of drug-likeness (QED) is 0.727. The van der Waals surface area contributed by atoms with Crippen LogP contribution in [0.4, 0.5) is 0 Å².